The van der Waals surface area contributed by atoms with Crippen molar-refractivity contribution in [2.75, 3.05) is 39.6 Å². The molecule has 114 heavy (non-hydrogen) atoms. The van der Waals surface area contributed by atoms with Gasteiger partial charge in [-0.1, -0.05) is 459 Å². The number of hydrogen-bond donors (Lipinski definition) is 3. The molecule has 3 N–H and O–H groups in total. The third kappa shape index (κ3) is 86.4. The van der Waals surface area contributed by atoms with Crippen LogP contribution < -0.4 is 0 Å². The normalized spacial score (nSPS) is 14.0. The Bertz CT molecular complexity index is 2190. The summed E-state index contributed by atoms with van der Waals surface area (Å²) < 4.78 is 69.1. The van der Waals surface area contributed by atoms with Crippen LogP contribution in [-0.4, -0.2) is 96.7 Å². The highest BCUT2D eigenvalue weighted by Crippen LogP contribution is 2.45. The van der Waals surface area contributed by atoms with Crippen LogP contribution >= 0.6 is 15.6 Å². The first-order valence-electron chi connectivity index (χ1n) is 48.9. The van der Waals surface area contributed by atoms with Gasteiger partial charge in [0.1, 0.15) is 19.3 Å². The minimum absolute atomic E-state index is 0.108. The number of esters is 4. The lowest BCUT2D eigenvalue weighted by atomic mass is 10.00. The lowest BCUT2D eigenvalue weighted by Crippen LogP contribution is -2.30. The number of ether oxygens (including phenoxy) is 4. The molecule has 3 unspecified atom stereocenters. The van der Waals surface area contributed by atoms with Gasteiger partial charge in [-0.25, -0.2) is 9.13 Å². The van der Waals surface area contributed by atoms with Gasteiger partial charge in [-0.15, -0.1) is 0 Å². The number of hydrogen-bond acceptors (Lipinski definition) is 15. The Kier molecular flexibility index (Phi) is 83.2. The van der Waals surface area contributed by atoms with E-state index in [1.807, 2.05) is 0 Å². The first-order chi connectivity index (χ1) is 55.3. The van der Waals surface area contributed by atoms with Gasteiger partial charge in [0.25, 0.3) is 0 Å². The maximum Gasteiger partial charge on any atom is 0.472 e. The Labute approximate surface area is 702 Å². The summed E-state index contributed by atoms with van der Waals surface area (Å²) in [6.07, 6.45) is 79.5. The van der Waals surface area contributed by atoms with Crippen LogP contribution in [0.25, 0.3) is 0 Å². The van der Waals surface area contributed by atoms with E-state index in [2.05, 4.69) is 48.5 Å². The quantitative estimate of drug-likeness (QED) is 0.0222. The molecular weight excluding hydrogens is 1470 g/mol. The van der Waals surface area contributed by atoms with Gasteiger partial charge >= 0.3 is 39.5 Å². The molecule has 0 aliphatic carbocycles. The summed E-state index contributed by atoms with van der Waals surface area (Å²) in [5, 5.41) is 10.7. The van der Waals surface area contributed by atoms with Crippen molar-refractivity contribution in [1.82, 2.24) is 0 Å². The summed E-state index contributed by atoms with van der Waals surface area (Å²) in [6.45, 7) is 12.1. The standard InChI is InChI=1S/C95H186O17P2/c1-8-10-11-12-13-14-15-16-17-18-19-20-21-22-30-35-40-45-50-55-64-71-78-94(99)111-90(82-105-92(97)76-69-62-54-49-44-39-34-29-25-23-27-32-37-42-47-52-59-66-73-86(3)4)84-109-113(101,102)107-80-89(96)81-108-114(103,104)110-85-91(83-106-93(98)77-70-63-58-57-61-68-75-88(7)9-2)112-95(100)79-72-65-56-51-46-41-36-31-26-24-28-33-38-43-48-53-60-67-74-87(5)6/h86-91,96H,8-85H2,1-7H3,(H,101,102)(H,103,104)/t88?,89-,90-,91-/m1/s1. The zero-order chi connectivity index (χ0) is 83.6. The number of aliphatic hydroxyl groups is 1. The molecule has 0 fully saturated rings. The predicted molar refractivity (Wildman–Crippen MR) is 474 cm³/mol. The number of aliphatic hydroxyl groups excluding tert-OH is 1. The van der Waals surface area contributed by atoms with E-state index in [-0.39, 0.29) is 25.7 Å². The molecule has 0 radical (unpaired) electrons. The van der Waals surface area contributed by atoms with Gasteiger partial charge in [0.15, 0.2) is 12.2 Å². The van der Waals surface area contributed by atoms with Gasteiger partial charge in [-0.05, 0) is 43.4 Å². The topological polar surface area (TPSA) is 237 Å². The Morgan fingerprint density at radius 1 is 0.254 bits per heavy atom. The van der Waals surface area contributed by atoms with Gasteiger partial charge in [0.05, 0.1) is 26.4 Å². The van der Waals surface area contributed by atoms with E-state index >= 15 is 0 Å². The molecule has 0 saturated heterocycles. The molecule has 19 heteroatoms. The lowest BCUT2D eigenvalue weighted by molar-refractivity contribution is -0.161. The first kappa shape index (κ1) is 112. The maximum absolute atomic E-state index is 13.2. The molecule has 0 bridgehead atoms. The maximum atomic E-state index is 13.2. The lowest BCUT2D eigenvalue weighted by Gasteiger charge is -2.21. The summed E-state index contributed by atoms with van der Waals surface area (Å²) in [4.78, 5) is 73.5. The fraction of sp³-hybridized carbons (Fsp3) is 0.958. The Hall–Kier alpha value is -1.94. The van der Waals surface area contributed by atoms with Crippen LogP contribution in [0, 0.1) is 17.8 Å². The van der Waals surface area contributed by atoms with Crippen LogP contribution in [0.3, 0.4) is 0 Å². The summed E-state index contributed by atoms with van der Waals surface area (Å²) in [5.74, 6) is 0.277. The Morgan fingerprint density at radius 3 is 0.667 bits per heavy atom. The van der Waals surface area contributed by atoms with Gasteiger partial charge in [-0.3, -0.25) is 37.3 Å². The highest BCUT2D eigenvalue weighted by Gasteiger charge is 2.31. The molecule has 678 valence electrons. The minimum atomic E-state index is -4.97. The van der Waals surface area contributed by atoms with Crippen LogP contribution in [0.15, 0.2) is 0 Å². The SMILES string of the molecule is CCCCCCCCCCCCCCCCCCCCCCCCC(=O)O[C@H](COC(=O)CCCCCCCCCCCCCCCCCCCCC(C)C)COP(=O)(O)OC[C@@H](O)COP(=O)(O)OC[C@@H](COC(=O)CCCCCCCCC(C)CC)OC(=O)CCCCCCCCCCCCCCCCCCCCC(C)C. The average Bonchev–Trinajstić information content (AvgIpc) is 0.898. The van der Waals surface area contributed by atoms with Crippen LogP contribution in [-0.2, 0) is 65.4 Å². The molecule has 0 amide bonds. The molecule has 0 aliphatic heterocycles. The van der Waals surface area contributed by atoms with Crippen LogP contribution in [0.2, 0.25) is 0 Å². The highest BCUT2D eigenvalue weighted by atomic mass is 31.2. The van der Waals surface area contributed by atoms with E-state index in [9.17, 15) is 43.2 Å². The van der Waals surface area contributed by atoms with Gasteiger partial charge < -0.3 is 33.8 Å². The fourth-order valence-corrected chi connectivity index (χ4v) is 16.5. The number of carbonyl (C=O) groups excluding carboxylic acids is 4. The third-order valence-electron chi connectivity index (χ3n) is 22.7. The van der Waals surface area contributed by atoms with Crippen molar-refractivity contribution >= 4 is 39.5 Å². The molecule has 6 atom stereocenters. The zero-order valence-corrected chi connectivity index (χ0v) is 77.4. The van der Waals surface area contributed by atoms with Crippen molar-refractivity contribution < 1.29 is 80.2 Å². The predicted octanol–water partition coefficient (Wildman–Crippen LogP) is 29.6. The molecule has 0 heterocycles. The fourth-order valence-electron chi connectivity index (χ4n) is 14.9. The van der Waals surface area contributed by atoms with Gasteiger partial charge in [0.2, 0.25) is 0 Å². The molecule has 0 aromatic rings. The largest absolute Gasteiger partial charge is 0.472 e. The van der Waals surface area contributed by atoms with Crippen molar-refractivity contribution in [1.29, 1.82) is 0 Å². The van der Waals surface area contributed by atoms with E-state index < -0.39 is 97.5 Å². The first-order valence-corrected chi connectivity index (χ1v) is 51.9. The van der Waals surface area contributed by atoms with Crippen molar-refractivity contribution in [3.63, 3.8) is 0 Å². The Balaban J connectivity index is 5.20. The van der Waals surface area contributed by atoms with Crippen molar-refractivity contribution in [2.45, 2.75) is 529 Å². The van der Waals surface area contributed by atoms with Gasteiger partial charge in [0, 0.05) is 25.7 Å². The molecule has 0 aromatic heterocycles. The van der Waals surface area contributed by atoms with Crippen molar-refractivity contribution in [3.05, 3.63) is 0 Å². The molecule has 0 aromatic carbocycles. The number of phosphoric ester groups is 2. The molecule has 0 rings (SSSR count). The van der Waals surface area contributed by atoms with Crippen LogP contribution in [0.1, 0.15) is 511 Å². The smallest absolute Gasteiger partial charge is 0.462 e. The van der Waals surface area contributed by atoms with E-state index in [0.29, 0.717) is 25.7 Å². The number of phosphoric acid groups is 2. The second-order valence-corrected chi connectivity index (χ2v) is 38.2. The second kappa shape index (κ2) is 84.7. The molecule has 0 saturated carbocycles. The number of unbranched alkanes of at least 4 members (excludes halogenated alkanes) is 60. The van der Waals surface area contributed by atoms with Gasteiger partial charge in [-0.2, -0.15) is 0 Å². The van der Waals surface area contributed by atoms with E-state index in [1.165, 1.54) is 315 Å². The average molecular weight is 1660 g/mol. The number of carbonyl (C=O) groups is 4. The van der Waals surface area contributed by atoms with E-state index in [0.717, 1.165) is 114 Å². The zero-order valence-electron chi connectivity index (χ0n) is 75.6. The van der Waals surface area contributed by atoms with E-state index in [1.54, 1.807) is 0 Å². The summed E-state index contributed by atoms with van der Waals surface area (Å²) >= 11 is 0. The monoisotopic (exact) mass is 1660 g/mol. The van der Waals surface area contributed by atoms with E-state index in [4.69, 9.17) is 37.0 Å². The molecule has 0 aliphatic rings. The summed E-state index contributed by atoms with van der Waals surface area (Å²) in [6, 6.07) is 0. The van der Waals surface area contributed by atoms with Crippen molar-refractivity contribution in [3.8, 4) is 0 Å². The Morgan fingerprint density at radius 2 is 0.447 bits per heavy atom. The molecule has 17 nitrogen and oxygen atoms in total. The highest BCUT2D eigenvalue weighted by molar-refractivity contribution is 7.47. The minimum Gasteiger partial charge on any atom is -0.462 e. The third-order valence-corrected chi connectivity index (χ3v) is 24.6. The summed E-state index contributed by atoms with van der Waals surface area (Å²) in [5.41, 5.74) is 0. The van der Waals surface area contributed by atoms with Crippen molar-refractivity contribution in [2.24, 2.45) is 17.8 Å². The molecular formula is C95H186O17P2. The molecule has 0 spiro atoms. The van der Waals surface area contributed by atoms with Crippen LogP contribution in [0.4, 0.5) is 0 Å². The summed E-state index contributed by atoms with van der Waals surface area (Å²) in [7, 11) is -9.94. The number of rotatable bonds is 93. The second-order valence-electron chi connectivity index (χ2n) is 35.3. The van der Waals surface area contributed by atoms with Crippen LogP contribution in [0.5, 0.6) is 0 Å².